The SMILES string of the molecule is CCC(C)Oc1ccc(NC(=O)c2ccc(OC)cc2OC)cc1. The Bertz CT molecular complexity index is 682. The van der Waals surface area contributed by atoms with Gasteiger partial charge in [0.15, 0.2) is 0 Å². The van der Waals surface area contributed by atoms with Gasteiger partial charge in [0.05, 0.1) is 25.9 Å². The standard InChI is InChI=1S/C19H23NO4/c1-5-13(2)24-15-8-6-14(7-9-15)20-19(21)17-11-10-16(22-3)12-18(17)23-4/h6-13H,5H2,1-4H3,(H,20,21). The topological polar surface area (TPSA) is 56.8 Å². The number of hydrogen-bond donors (Lipinski definition) is 1. The number of amides is 1. The lowest BCUT2D eigenvalue weighted by atomic mass is 10.1. The summed E-state index contributed by atoms with van der Waals surface area (Å²) >= 11 is 0. The van der Waals surface area contributed by atoms with E-state index in [1.807, 2.05) is 31.2 Å². The Morgan fingerprint density at radius 3 is 2.29 bits per heavy atom. The predicted molar refractivity (Wildman–Crippen MR) is 94.3 cm³/mol. The highest BCUT2D eigenvalue weighted by molar-refractivity contribution is 6.06. The maximum atomic E-state index is 12.4. The summed E-state index contributed by atoms with van der Waals surface area (Å²) in [5.41, 5.74) is 1.13. The van der Waals surface area contributed by atoms with Crippen molar-refractivity contribution in [1.82, 2.24) is 0 Å². The average molecular weight is 329 g/mol. The summed E-state index contributed by atoms with van der Waals surface area (Å²) in [6.45, 7) is 4.09. The second-order valence-electron chi connectivity index (χ2n) is 5.38. The zero-order valence-electron chi connectivity index (χ0n) is 14.5. The molecule has 0 aliphatic rings. The molecule has 0 radical (unpaired) electrons. The van der Waals surface area contributed by atoms with Crippen molar-refractivity contribution in [1.29, 1.82) is 0 Å². The van der Waals surface area contributed by atoms with Crippen LogP contribution in [0.5, 0.6) is 17.2 Å². The molecule has 5 nitrogen and oxygen atoms in total. The van der Waals surface area contributed by atoms with E-state index in [4.69, 9.17) is 14.2 Å². The van der Waals surface area contributed by atoms with Crippen LogP contribution in [0.4, 0.5) is 5.69 Å². The van der Waals surface area contributed by atoms with Crippen molar-refractivity contribution in [2.75, 3.05) is 19.5 Å². The molecular weight excluding hydrogens is 306 g/mol. The second kappa shape index (κ2) is 8.24. The monoisotopic (exact) mass is 329 g/mol. The van der Waals surface area contributed by atoms with Crippen molar-refractivity contribution in [3.05, 3.63) is 48.0 Å². The van der Waals surface area contributed by atoms with Gasteiger partial charge in [0.2, 0.25) is 0 Å². The zero-order chi connectivity index (χ0) is 17.5. The fourth-order valence-electron chi connectivity index (χ4n) is 2.12. The van der Waals surface area contributed by atoms with E-state index in [1.54, 1.807) is 25.3 Å². The molecule has 2 rings (SSSR count). The van der Waals surface area contributed by atoms with E-state index < -0.39 is 0 Å². The molecule has 128 valence electrons. The molecule has 0 aliphatic heterocycles. The van der Waals surface area contributed by atoms with Gasteiger partial charge in [0, 0.05) is 11.8 Å². The molecule has 0 aromatic heterocycles. The number of carbonyl (C=O) groups is 1. The molecule has 0 aliphatic carbocycles. The van der Waals surface area contributed by atoms with Crippen LogP contribution < -0.4 is 19.5 Å². The number of hydrogen-bond acceptors (Lipinski definition) is 4. The van der Waals surface area contributed by atoms with Gasteiger partial charge in [-0.3, -0.25) is 4.79 Å². The van der Waals surface area contributed by atoms with Crippen LogP contribution in [0.3, 0.4) is 0 Å². The third-order valence-corrected chi connectivity index (χ3v) is 3.68. The Morgan fingerprint density at radius 1 is 1.04 bits per heavy atom. The summed E-state index contributed by atoms with van der Waals surface area (Å²) in [5.74, 6) is 1.63. The molecule has 24 heavy (non-hydrogen) atoms. The maximum Gasteiger partial charge on any atom is 0.259 e. The summed E-state index contributed by atoms with van der Waals surface area (Å²) in [7, 11) is 3.09. The second-order valence-corrected chi connectivity index (χ2v) is 5.38. The third kappa shape index (κ3) is 4.41. The molecule has 2 aromatic carbocycles. The van der Waals surface area contributed by atoms with Crippen LogP contribution >= 0.6 is 0 Å². The average Bonchev–Trinajstić information content (AvgIpc) is 2.62. The zero-order valence-corrected chi connectivity index (χ0v) is 14.5. The number of nitrogens with one attached hydrogen (secondary N) is 1. The summed E-state index contributed by atoms with van der Waals surface area (Å²) in [5, 5.41) is 2.85. The minimum atomic E-state index is -0.245. The van der Waals surface area contributed by atoms with Gasteiger partial charge in [-0.2, -0.15) is 0 Å². The summed E-state index contributed by atoms with van der Waals surface area (Å²) in [6.07, 6.45) is 1.10. The van der Waals surface area contributed by atoms with Crippen molar-refractivity contribution in [3.63, 3.8) is 0 Å². The van der Waals surface area contributed by atoms with E-state index in [0.29, 0.717) is 22.7 Å². The van der Waals surface area contributed by atoms with Gasteiger partial charge in [-0.05, 0) is 49.7 Å². The van der Waals surface area contributed by atoms with Crippen molar-refractivity contribution in [3.8, 4) is 17.2 Å². The number of benzene rings is 2. The highest BCUT2D eigenvalue weighted by Crippen LogP contribution is 2.26. The summed E-state index contributed by atoms with van der Waals surface area (Å²) in [6, 6.07) is 12.4. The molecule has 1 amide bonds. The quantitative estimate of drug-likeness (QED) is 0.829. The van der Waals surface area contributed by atoms with Crippen LogP contribution in [0.25, 0.3) is 0 Å². The molecular formula is C19H23NO4. The highest BCUT2D eigenvalue weighted by Gasteiger charge is 2.13. The predicted octanol–water partition coefficient (Wildman–Crippen LogP) is 4.13. The van der Waals surface area contributed by atoms with Gasteiger partial charge in [-0.15, -0.1) is 0 Å². The number of carbonyl (C=O) groups excluding carboxylic acids is 1. The molecule has 0 bridgehead atoms. The lowest BCUT2D eigenvalue weighted by Crippen LogP contribution is -2.13. The molecule has 0 heterocycles. The lowest BCUT2D eigenvalue weighted by Gasteiger charge is -2.13. The molecule has 1 N–H and O–H groups in total. The number of ether oxygens (including phenoxy) is 3. The molecule has 0 saturated heterocycles. The third-order valence-electron chi connectivity index (χ3n) is 3.68. The number of methoxy groups -OCH3 is 2. The Hall–Kier alpha value is -2.69. The Kier molecular flexibility index (Phi) is 6.07. The largest absolute Gasteiger partial charge is 0.497 e. The van der Waals surface area contributed by atoms with E-state index in [2.05, 4.69) is 12.2 Å². The van der Waals surface area contributed by atoms with Crippen LogP contribution in [-0.2, 0) is 0 Å². The van der Waals surface area contributed by atoms with Crippen LogP contribution in [0.2, 0.25) is 0 Å². The van der Waals surface area contributed by atoms with Crippen LogP contribution in [0.15, 0.2) is 42.5 Å². The van der Waals surface area contributed by atoms with Gasteiger partial charge in [0.1, 0.15) is 17.2 Å². The van der Waals surface area contributed by atoms with E-state index >= 15 is 0 Å². The van der Waals surface area contributed by atoms with Gasteiger partial charge in [-0.25, -0.2) is 0 Å². The molecule has 0 saturated carbocycles. The van der Waals surface area contributed by atoms with Crippen LogP contribution in [-0.4, -0.2) is 26.2 Å². The molecule has 5 heteroatoms. The number of rotatable bonds is 7. The Labute approximate surface area is 142 Å². The van der Waals surface area contributed by atoms with Gasteiger partial charge in [-0.1, -0.05) is 6.92 Å². The number of anilines is 1. The first-order valence-electron chi connectivity index (χ1n) is 7.87. The maximum absolute atomic E-state index is 12.4. The molecule has 1 atom stereocenters. The van der Waals surface area contributed by atoms with E-state index in [1.165, 1.54) is 7.11 Å². The molecule has 2 aromatic rings. The Balaban J connectivity index is 2.09. The van der Waals surface area contributed by atoms with Crippen molar-refractivity contribution in [2.24, 2.45) is 0 Å². The fourth-order valence-corrected chi connectivity index (χ4v) is 2.12. The Morgan fingerprint density at radius 2 is 1.71 bits per heavy atom. The van der Waals surface area contributed by atoms with E-state index in [0.717, 1.165) is 12.2 Å². The van der Waals surface area contributed by atoms with Crippen LogP contribution in [0.1, 0.15) is 30.6 Å². The molecule has 0 fully saturated rings. The minimum absolute atomic E-state index is 0.161. The fraction of sp³-hybridized carbons (Fsp3) is 0.316. The molecule has 0 spiro atoms. The van der Waals surface area contributed by atoms with Gasteiger partial charge in [0.25, 0.3) is 5.91 Å². The van der Waals surface area contributed by atoms with Gasteiger partial charge < -0.3 is 19.5 Å². The van der Waals surface area contributed by atoms with Crippen molar-refractivity contribution >= 4 is 11.6 Å². The first-order valence-corrected chi connectivity index (χ1v) is 7.87. The normalized spacial score (nSPS) is 11.5. The summed E-state index contributed by atoms with van der Waals surface area (Å²) in [4.78, 5) is 12.4. The highest BCUT2D eigenvalue weighted by atomic mass is 16.5. The minimum Gasteiger partial charge on any atom is -0.497 e. The molecule has 1 unspecified atom stereocenters. The van der Waals surface area contributed by atoms with E-state index in [9.17, 15) is 4.79 Å². The summed E-state index contributed by atoms with van der Waals surface area (Å²) < 4.78 is 16.1. The van der Waals surface area contributed by atoms with Crippen LogP contribution in [0, 0.1) is 0 Å². The first kappa shape index (κ1) is 17.7. The van der Waals surface area contributed by atoms with E-state index in [-0.39, 0.29) is 12.0 Å². The smallest absolute Gasteiger partial charge is 0.259 e. The van der Waals surface area contributed by atoms with Crippen molar-refractivity contribution < 1.29 is 19.0 Å². The first-order chi connectivity index (χ1) is 11.6. The van der Waals surface area contributed by atoms with Crippen molar-refractivity contribution in [2.45, 2.75) is 26.4 Å². The lowest BCUT2D eigenvalue weighted by molar-refractivity contribution is 0.102. The van der Waals surface area contributed by atoms with Gasteiger partial charge >= 0.3 is 0 Å².